The summed E-state index contributed by atoms with van der Waals surface area (Å²) in [5, 5.41) is 3.09. The van der Waals surface area contributed by atoms with Gasteiger partial charge in [-0.1, -0.05) is 52.6 Å². The second kappa shape index (κ2) is 12.6. The van der Waals surface area contributed by atoms with Gasteiger partial charge in [0.1, 0.15) is 0 Å². The van der Waals surface area contributed by atoms with Crippen molar-refractivity contribution in [1.29, 1.82) is 0 Å². The minimum atomic E-state index is 0.917. The second-order valence-corrected chi connectivity index (χ2v) is 5.33. The van der Waals surface area contributed by atoms with Gasteiger partial charge in [0.15, 0.2) is 0 Å². The van der Waals surface area contributed by atoms with Crippen molar-refractivity contribution in [3.05, 3.63) is 35.9 Å². The Morgan fingerprint density at radius 2 is 1.53 bits per heavy atom. The minimum Gasteiger partial charge on any atom is -0.381 e. The minimum absolute atomic E-state index is 0.917. The van der Waals surface area contributed by atoms with Crippen LogP contribution in [0.25, 0.3) is 0 Å². The van der Waals surface area contributed by atoms with E-state index in [9.17, 15) is 0 Å². The molecule has 0 saturated heterocycles. The van der Waals surface area contributed by atoms with E-state index in [1.807, 2.05) is 0 Å². The Bertz CT molecular complexity index is 292. The Balaban J connectivity index is 1.79. The number of hydrogen-bond donors (Lipinski definition) is 1. The molecule has 0 heterocycles. The van der Waals surface area contributed by atoms with Gasteiger partial charge in [-0.05, 0) is 44.2 Å². The molecule has 1 unspecified atom stereocenters. The first kappa shape index (κ1) is 16.6. The third kappa shape index (κ3) is 10.1. The highest BCUT2D eigenvalue weighted by Crippen LogP contribution is 2.05. The lowest BCUT2D eigenvalue weighted by atomic mass is 10.1. The van der Waals surface area contributed by atoms with Crippen LogP contribution in [0, 0.1) is 0 Å². The summed E-state index contributed by atoms with van der Waals surface area (Å²) in [5.41, 5.74) is 1.44. The summed E-state index contributed by atoms with van der Waals surface area (Å²) in [6, 6.07) is 10.7. The molecular weight excluding hydrogens is 253 g/mol. The van der Waals surface area contributed by atoms with E-state index in [1.165, 1.54) is 50.5 Å². The van der Waals surface area contributed by atoms with Gasteiger partial charge in [-0.2, -0.15) is 0 Å². The number of nitrogens with one attached hydrogen (secondary N) is 1. The van der Waals surface area contributed by atoms with E-state index in [-0.39, 0.29) is 0 Å². The monoisotopic (exact) mass is 281 g/mol. The summed E-state index contributed by atoms with van der Waals surface area (Å²) >= 11 is 0. The van der Waals surface area contributed by atoms with Gasteiger partial charge in [-0.25, -0.2) is 0 Å². The first-order valence-corrected chi connectivity index (χ1v) is 8.06. The summed E-state index contributed by atoms with van der Waals surface area (Å²) in [6.07, 6.45) is 8.63. The van der Waals surface area contributed by atoms with Crippen LogP contribution in [0.2, 0.25) is 0 Å². The molecule has 19 heavy (non-hydrogen) atoms. The lowest BCUT2D eigenvalue weighted by Crippen LogP contribution is -2.01. The molecule has 0 bridgehead atoms. The van der Waals surface area contributed by atoms with E-state index in [2.05, 4.69) is 44.8 Å². The molecule has 108 valence electrons. The predicted molar refractivity (Wildman–Crippen MR) is 86.4 cm³/mol. The zero-order chi connectivity index (χ0) is 13.6. The molecule has 1 aromatic rings. The molecule has 0 aromatic heterocycles. The fourth-order valence-electron chi connectivity index (χ4n) is 2.06. The molecule has 1 rings (SSSR count). The van der Waals surface area contributed by atoms with Gasteiger partial charge < -0.3 is 9.82 Å². The smallest absolute Gasteiger partial charge is 0.0466 e. The van der Waals surface area contributed by atoms with Gasteiger partial charge in [0.05, 0.1) is 0 Å². The van der Waals surface area contributed by atoms with Crippen molar-refractivity contribution in [2.75, 3.05) is 19.8 Å². The van der Waals surface area contributed by atoms with Crippen molar-refractivity contribution in [3.63, 3.8) is 0 Å². The van der Waals surface area contributed by atoms with Crippen molar-refractivity contribution < 1.29 is 4.74 Å². The zero-order valence-electron chi connectivity index (χ0n) is 11.9. The fourth-order valence-corrected chi connectivity index (χ4v) is 2.27. The van der Waals surface area contributed by atoms with Crippen LogP contribution in [0.3, 0.4) is 0 Å². The average molecular weight is 281 g/mol. The van der Waals surface area contributed by atoms with E-state index in [0.29, 0.717) is 0 Å². The molecule has 0 radical (unpaired) electrons. The number of ether oxygens (including phenoxy) is 1. The largest absolute Gasteiger partial charge is 0.381 e. The quantitative estimate of drug-likeness (QED) is 0.462. The number of aryl methyl sites for hydroxylation is 1. The van der Waals surface area contributed by atoms with Crippen LogP contribution in [0.5, 0.6) is 0 Å². The third-order valence-corrected chi connectivity index (χ3v) is 3.50. The molecule has 3 heteroatoms. The zero-order valence-corrected chi connectivity index (χ0v) is 13.1. The van der Waals surface area contributed by atoms with Crippen molar-refractivity contribution in [2.24, 2.45) is 0 Å². The Kier molecular flexibility index (Phi) is 11.0. The Morgan fingerprint density at radius 3 is 2.26 bits per heavy atom. The average Bonchev–Trinajstić information content (AvgIpc) is 2.46. The second-order valence-electron chi connectivity index (χ2n) is 4.92. The first-order chi connectivity index (χ1) is 9.43. The first-order valence-electron chi connectivity index (χ1n) is 7.48. The van der Waals surface area contributed by atoms with Crippen LogP contribution in [0.1, 0.15) is 44.1 Å². The van der Waals surface area contributed by atoms with Crippen LogP contribution in [0.15, 0.2) is 30.3 Å². The van der Waals surface area contributed by atoms with E-state index in [1.54, 1.807) is 0 Å². The lowest BCUT2D eigenvalue weighted by Gasteiger charge is -2.05. The van der Waals surface area contributed by atoms with Crippen molar-refractivity contribution in [1.82, 2.24) is 5.09 Å². The van der Waals surface area contributed by atoms with Crippen LogP contribution in [0.4, 0.5) is 0 Å². The standard InChI is InChI=1S/C16H28NOP/c19-17-13-7-1-2-8-14-18-15-9-6-12-16-10-4-3-5-11-16/h3-5,10-11,17H,1-2,6-9,12-15,19H2. The van der Waals surface area contributed by atoms with E-state index in [4.69, 9.17) is 4.74 Å². The van der Waals surface area contributed by atoms with Gasteiger partial charge >= 0.3 is 0 Å². The summed E-state index contributed by atoms with van der Waals surface area (Å²) < 4.78 is 5.66. The normalized spacial score (nSPS) is 10.8. The van der Waals surface area contributed by atoms with Crippen LogP contribution in [-0.2, 0) is 11.2 Å². The number of hydrogen-bond acceptors (Lipinski definition) is 2. The molecule has 0 saturated carbocycles. The van der Waals surface area contributed by atoms with Crippen molar-refractivity contribution in [2.45, 2.75) is 44.9 Å². The van der Waals surface area contributed by atoms with Gasteiger partial charge in [0.25, 0.3) is 0 Å². The summed E-state index contributed by atoms with van der Waals surface area (Å²) in [7, 11) is 2.54. The molecule has 1 atom stereocenters. The molecule has 0 aliphatic carbocycles. The highest BCUT2D eigenvalue weighted by atomic mass is 31.0. The maximum Gasteiger partial charge on any atom is 0.0466 e. The summed E-state index contributed by atoms with van der Waals surface area (Å²) in [5.74, 6) is 0. The van der Waals surface area contributed by atoms with E-state index < -0.39 is 0 Å². The molecular formula is C16H28NOP. The molecule has 2 nitrogen and oxygen atoms in total. The summed E-state index contributed by atoms with van der Waals surface area (Å²) in [6.45, 7) is 2.95. The van der Waals surface area contributed by atoms with E-state index in [0.717, 1.165) is 19.8 Å². The molecule has 0 fully saturated rings. The topological polar surface area (TPSA) is 21.3 Å². The van der Waals surface area contributed by atoms with Crippen molar-refractivity contribution in [3.8, 4) is 0 Å². The predicted octanol–water partition coefficient (Wildman–Crippen LogP) is 3.97. The molecule has 0 spiro atoms. The van der Waals surface area contributed by atoms with Crippen LogP contribution in [-0.4, -0.2) is 19.8 Å². The third-order valence-electron chi connectivity index (χ3n) is 3.21. The van der Waals surface area contributed by atoms with Gasteiger partial charge in [-0.3, -0.25) is 0 Å². The Labute approximate surface area is 120 Å². The van der Waals surface area contributed by atoms with Gasteiger partial charge in [0, 0.05) is 13.2 Å². The van der Waals surface area contributed by atoms with Crippen LogP contribution >= 0.6 is 9.39 Å². The highest BCUT2D eigenvalue weighted by Gasteiger charge is 1.94. The van der Waals surface area contributed by atoms with Gasteiger partial charge in [-0.15, -0.1) is 0 Å². The maximum absolute atomic E-state index is 5.66. The van der Waals surface area contributed by atoms with Gasteiger partial charge in [0.2, 0.25) is 0 Å². The molecule has 0 amide bonds. The molecule has 1 aromatic carbocycles. The lowest BCUT2D eigenvalue weighted by molar-refractivity contribution is 0.126. The molecule has 1 N–H and O–H groups in total. The SMILES string of the molecule is PNCCCCCCOCCCCc1ccccc1. The van der Waals surface area contributed by atoms with Crippen LogP contribution < -0.4 is 5.09 Å². The fraction of sp³-hybridized carbons (Fsp3) is 0.625. The maximum atomic E-state index is 5.66. The van der Waals surface area contributed by atoms with E-state index >= 15 is 0 Å². The summed E-state index contributed by atoms with van der Waals surface area (Å²) in [4.78, 5) is 0. The molecule has 0 aliphatic rings. The number of unbranched alkanes of at least 4 members (excludes halogenated alkanes) is 4. The Hall–Kier alpha value is -0.430. The molecule has 0 aliphatic heterocycles. The number of rotatable bonds is 12. The van der Waals surface area contributed by atoms with Crippen molar-refractivity contribution >= 4 is 9.39 Å². The Morgan fingerprint density at radius 1 is 0.842 bits per heavy atom. The number of benzene rings is 1. The highest BCUT2D eigenvalue weighted by molar-refractivity contribution is 7.13.